The summed E-state index contributed by atoms with van der Waals surface area (Å²) in [5.74, 6) is 0. The molecule has 0 aromatic carbocycles. The van der Waals surface area contributed by atoms with Gasteiger partial charge in [0.05, 0.1) is 22.8 Å². The molecule has 0 aliphatic carbocycles. The van der Waals surface area contributed by atoms with Gasteiger partial charge in [-0.3, -0.25) is 14.6 Å². The lowest BCUT2D eigenvalue weighted by Gasteiger charge is -2.39. The summed E-state index contributed by atoms with van der Waals surface area (Å²) in [5, 5.41) is 4.54. The zero-order chi connectivity index (χ0) is 15.7. The summed E-state index contributed by atoms with van der Waals surface area (Å²) in [6.07, 6.45) is 1.88. The minimum Gasteiger partial charge on any atom is -0.366 e. The number of aromatic nitrogens is 3. The van der Waals surface area contributed by atoms with E-state index in [0.717, 1.165) is 37.6 Å². The van der Waals surface area contributed by atoms with Gasteiger partial charge in [-0.15, -0.1) is 0 Å². The molecule has 118 valence electrons. The number of hydrogen-bond acceptors (Lipinski definition) is 4. The van der Waals surface area contributed by atoms with Crippen molar-refractivity contribution in [2.24, 2.45) is 7.05 Å². The highest BCUT2D eigenvalue weighted by Gasteiger charge is 2.25. The van der Waals surface area contributed by atoms with E-state index in [1.165, 1.54) is 11.4 Å². The third-order valence-corrected chi connectivity index (χ3v) is 4.76. The first-order chi connectivity index (χ1) is 10.6. The van der Waals surface area contributed by atoms with E-state index in [-0.39, 0.29) is 0 Å². The van der Waals surface area contributed by atoms with Crippen molar-refractivity contribution in [1.82, 2.24) is 19.7 Å². The molecule has 0 N–H and O–H groups in total. The quantitative estimate of drug-likeness (QED) is 0.871. The molecule has 3 rings (SSSR count). The average Bonchev–Trinajstić information content (AvgIpc) is 2.80. The smallest absolute Gasteiger partial charge is 0.0829 e. The molecule has 1 fully saturated rings. The van der Waals surface area contributed by atoms with Crippen LogP contribution in [0.15, 0.2) is 24.4 Å². The maximum absolute atomic E-state index is 4.54. The van der Waals surface area contributed by atoms with Crippen molar-refractivity contribution in [1.29, 1.82) is 0 Å². The summed E-state index contributed by atoms with van der Waals surface area (Å²) in [4.78, 5) is 9.48. The topological polar surface area (TPSA) is 37.2 Å². The average molecular weight is 299 g/mol. The molecule has 0 saturated carbocycles. The van der Waals surface area contributed by atoms with Crippen LogP contribution in [0.3, 0.4) is 0 Å². The normalized spacial score (nSPS) is 17.7. The number of nitrogens with zero attached hydrogens (tertiary/aromatic N) is 5. The summed E-state index contributed by atoms with van der Waals surface area (Å²) < 4.78 is 1.98. The summed E-state index contributed by atoms with van der Waals surface area (Å²) in [7, 11) is 2.02. The number of pyridine rings is 1. The SMILES string of the molecule is Cc1nn(C)c(C)c1N1CCN(C(C)c2ccccn2)CC1. The fraction of sp³-hybridized carbons (Fsp3) is 0.529. The number of piperazine rings is 1. The first-order valence-corrected chi connectivity index (χ1v) is 7.98. The van der Waals surface area contributed by atoms with Crippen LogP contribution in [-0.4, -0.2) is 45.8 Å². The Bertz CT molecular complexity index is 626. The number of hydrogen-bond donors (Lipinski definition) is 0. The number of anilines is 1. The molecule has 0 bridgehead atoms. The lowest BCUT2D eigenvalue weighted by Crippen LogP contribution is -2.47. The molecule has 5 heteroatoms. The molecule has 2 aromatic rings. The van der Waals surface area contributed by atoms with E-state index in [1.54, 1.807) is 0 Å². The monoisotopic (exact) mass is 299 g/mol. The van der Waals surface area contributed by atoms with Crippen LogP contribution in [0.2, 0.25) is 0 Å². The van der Waals surface area contributed by atoms with Gasteiger partial charge in [0.1, 0.15) is 0 Å². The van der Waals surface area contributed by atoms with Crippen LogP contribution >= 0.6 is 0 Å². The Labute approximate surface area is 132 Å². The lowest BCUT2D eigenvalue weighted by atomic mass is 10.1. The highest BCUT2D eigenvalue weighted by Crippen LogP contribution is 2.27. The predicted octanol–water partition coefficient (Wildman–Crippen LogP) is 2.32. The second-order valence-electron chi connectivity index (χ2n) is 6.10. The minimum atomic E-state index is 0.374. The van der Waals surface area contributed by atoms with Gasteiger partial charge in [-0.1, -0.05) is 6.07 Å². The summed E-state index contributed by atoms with van der Waals surface area (Å²) >= 11 is 0. The van der Waals surface area contributed by atoms with Crippen LogP contribution < -0.4 is 4.90 Å². The van der Waals surface area contributed by atoms with Gasteiger partial charge in [-0.25, -0.2) is 0 Å². The van der Waals surface area contributed by atoms with Crippen LogP contribution in [0, 0.1) is 13.8 Å². The van der Waals surface area contributed by atoms with Crippen molar-refractivity contribution in [3.05, 3.63) is 41.5 Å². The van der Waals surface area contributed by atoms with Gasteiger partial charge in [0, 0.05) is 45.5 Å². The molecule has 1 saturated heterocycles. The molecule has 5 nitrogen and oxygen atoms in total. The highest BCUT2D eigenvalue weighted by molar-refractivity contribution is 5.55. The molecule has 0 amide bonds. The molecule has 1 unspecified atom stereocenters. The Hall–Kier alpha value is -1.88. The van der Waals surface area contributed by atoms with Gasteiger partial charge in [-0.05, 0) is 32.9 Å². The molecule has 3 heterocycles. The molecule has 1 aliphatic rings. The molecule has 0 radical (unpaired) electrons. The van der Waals surface area contributed by atoms with Gasteiger partial charge < -0.3 is 4.90 Å². The van der Waals surface area contributed by atoms with Crippen molar-refractivity contribution < 1.29 is 0 Å². The van der Waals surface area contributed by atoms with E-state index >= 15 is 0 Å². The van der Waals surface area contributed by atoms with Gasteiger partial charge >= 0.3 is 0 Å². The second kappa shape index (κ2) is 6.08. The summed E-state index contributed by atoms with van der Waals surface area (Å²) in [6.45, 7) is 10.7. The zero-order valence-corrected chi connectivity index (χ0v) is 14.0. The predicted molar refractivity (Wildman–Crippen MR) is 89.1 cm³/mol. The molecule has 1 aliphatic heterocycles. The van der Waals surface area contributed by atoms with Crippen molar-refractivity contribution in [2.45, 2.75) is 26.8 Å². The molecular formula is C17H25N5. The minimum absolute atomic E-state index is 0.374. The van der Waals surface area contributed by atoms with Gasteiger partial charge in [0.2, 0.25) is 0 Å². The Balaban J connectivity index is 1.68. The van der Waals surface area contributed by atoms with Crippen molar-refractivity contribution in [3.8, 4) is 0 Å². The fourth-order valence-electron chi connectivity index (χ4n) is 3.36. The van der Waals surface area contributed by atoms with E-state index in [2.05, 4.69) is 52.8 Å². The van der Waals surface area contributed by atoms with Crippen LogP contribution in [0.25, 0.3) is 0 Å². The molecule has 1 atom stereocenters. The van der Waals surface area contributed by atoms with Crippen LogP contribution in [0.1, 0.15) is 30.0 Å². The maximum atomic E-state index is 4.54. The first-order valence-electron chi connectivity index (χ1n) is 7.98. The number of aryl methyl sites for hydroxylation is 2. The van der Waals surface area contributed by atoms with E-state index in [4.69, 9.17) is 0 Å². The van der Waals surface area contributed by atoms with E-state index < -0.39 is 0 Å². The summed E-state index contributed by atoms with van der Waals surface area (Å²) in [5.41, 5.74) is 4.85. The van der Waals surface area contributed by atoms with Crippen LogP contribution in [-0.2, 0) is 7.05 Å². The van der Waals surface area contributed by atoms with E-state index in [9.17, 15) is 0 Å². The molecule has 22 heavy (non-hydrogen) atoms. The Morgan fingerprint density at radius 1 is 1.09 bits per heavy atom. The highest BCUT2D eigenvalue weighted by atomic mass is 15.3. The first kappa shape index (κ1) is 15.0. The van der Waals surface area contributed by atoms with Crippen LogP contribution in [0.4, 0.5) is 5.69 Å². The van der Waals surface area contributed by atoms with E-state index in [1.807, 2.05) is 24.0 Å². The Morgan fingerprint density at radius 3 is 2.36 bits per heavy atom. The fourth-order valence-corrected chi connectivity index (χ4v) is 3.36. The third-order valence-electron chi connectivity index (χ3n) is 4.76. The van der Waals surface area contributed by atoms with Crippen molar-refractivity contribution in [2.75, 3.05) is 31.1 Å². The van der Waals surface area contributed by atoms with E-state index in [0.29, 0.717) is 6.04 Å². The van der Waals surface area contributed by atoms with Gasteiger partial charge in [0.25, 0.3) is 0 Å². The number of rotatable bonds is 3. The standard InChI is InChI=1S/C17H25N5/c1-13-17(15(3)20(4)19-13)22-11-9-21(10-12-22)14(2)16-7-5-6-8-18-16/h5-8,14H,9-12H2,1-4H3. The third kappa shape index (κ3) is 2.73. The van der Waals surface area contributed by atoms with Gasteiger partial charge in [-0.2, -0.15) is 5.10 Å². The van der Waals surface area contributed by atoms with Crippen molar-refractivity contribution >= 4 is 5.69 Å². The van der Waals surface area contributed by atoms with Crippen molar-refractivity contribution in [3.63, 3.8) is 0 Å². The lowest BCUT2D eigenvalue weighted by molar-refractivity contribution is 0.195. The molecular weight excluding hydrogens is 274 g/mol. The largest absolute Gasteiger partial charge is 0.366 e. The molecule has 2 aromatic heterocycles. The Morgan fingerprint density at radius 2 is 1.82 bits per heavy atom. The van der Waals surface area contributed by atoms with Gasteiger partial charge in [0.15, 0.2) is 0 Å². The maximum Gasteiger partial charge on any atom is 0.0829 e. The zero-order valence-electron chi connectivity index (χ0n) is 14.0. The molecule has 0 spiro atoms. The van der Waals surface area contributed by atoms with Crippen LogP contribution in [0.5, 0.6) is 0 Å². The second-order valence-corrected chi connectivity index (χ2v) is 6.10. The Kier molecular flexibility index (Phi) is 4.16. The summed E-state index contributed by atoms with van der Waals surface area (Å²) in [6, 6.07) is 6.53.